The molecule has 0 aliphatic rings. The van der Waals surface area contributed by atoms with Gasteiger partial charge in [-0.2, -0.15) is 0 Å². The van der Waals surface area contributed by atoms with Crippen molar-refractivity contribution in [2.75, 3.05) is 0 Å². The fourth-order valence-corrected chi connectivity index (χ4v) is 1.58. The average molecular weight is 244 g/mol. The molecule has 0 radical (unpaired) electrons. The first-order valence-electron chi connectivity index (χ1n) is 5.22. The number of rotatable bonds is 3. The summed E-state index contributed by atoms with van der Waals surface area (Å²) in [6.07, 6.45) is 0. The van der Waals surface area contributed by atoms with Crippen molar-refractivity contribution in [1.29, 1.82) is 0 Å². The van der Waals surface area contributed by atoms with Crippen molar-refractivity contribution in [3.8, 4) is 0 Å². The van der Waals surface area contributed by atoms with E-state index < -0.39 is 17.6 Å². The molecule has 2 rings (SSSR count). The molecule has 0 saturated heterocycles. The largest absolute Gasteiger partial charge is 0.478 e. The first-order chi connectivity index (χ1) is 8.59. The summed E-state index contributed by atoms with van der Waals surface area (Å²) in [5.41, 5.74) is -0.0317. The van der Waals surface area contributed by atoms with Gasteiger partial charge in [0.1, 0.15) is 5.82 Å². The van der Waals surface area contributed by atoms with E-state index in [0.717, 1.165) is 18.2 Å². The van der Waals surface area contributed by atoms with Crippen molar-refractivity contribution in [1.82, 2.24) is 0 Å². The van der Waals surface area contributed by atoms with Gasteiger partial charge in [-0.1, -0.05) is 30.3 Å². The highest BCUT2D eigenvalue weighted by atomic mass is 19.1. The van der Waals surface area contributed by atoms with Crippen LogP contribution >= 0.6 is 0 Å². The summed E-state index contributed by atoms with van der Waals surface area (Å²) in [5.74, 6) is -2.46. The molecule has 18 heavy (non-hydrogen) atoms. The van der Waals surface area contributed by atoms with Crippen LogP contribution in [0.2, 0.25) is 0 Å². The molecule has 0 aromatic heterocycles. The third-order valence-corrected chi connectivity index (χ3v) is 2.49. The lowest BCUT2D eigenvalue weighted by Crippen LogP contribution is -2.07. The molecule has 0 amide bonds. The van der Waals surface area contributed by atoms with Crippen LogP contribution in [0.3, 0.4) is 0 Å². The predicted octanol–water partition coefficient (Wildman–Crippen LogP) is 2.75. The van der Waals surface area contributed by atoms with Gasteiger partial charge in [0.15, 0.2) is 5.78 Å². The van der Waals surface area contributed by atoms with Crippen molar-refractivity contribution in [2.24, 2.45) is 0 Å². The Balaban J connectivity index is 2.48. The number of ketones is 1. The highest BCUT2D eigenvalue weighted by Gasteiger charge is 2.16. The molecular formula is C14H9FO3. The summed E-state index contributed by atoms with van der Waals surface area (Å²) >= 11 is 0. The number of halogens is 1. The smallest absolute Gasteiger partial charge is 0.335 e. The first-order valence-corrected chi connectivity index (χ1v) is 5.22. The maximum absolute atomic E-state index is 13.6. The lowest BCUT2D eigenvalue weighted by molar-refractivity contribution is 0.0697. The van der Waals surface area contributed by atoms with E-state index in [0.29, 0.717) is 5.56 Å². The Labute approximate surface area is 103 Å². The number of carbonyl (C=O) groups is 2. The highest BCUT2D eigenvalue weighted by Crippen LogP contribution is 2.15. The molecule has 0 spiro atoms. The average Bonchev–Trinajstić information content (AvgIpc) is 2.39. The molecular weight excluding hydrogens is 235 g/mol. The van der Waals surface area contributed by atoms with Crippen LogP contribution in [-0.2, 0) is 0 Å². The topological polar surface area (TPSA) is 54.4 Å². The Bertz CT molecular complexity index is 606. The lowest BCUT2D eigenvalue weighted by Gasteiger charge is -2.04. The van der Waals surface area contributed by atoms with Gasteiger partial charge in [-0.25, -0.2) is 9.18 Å². The first kappa shape index (κ1) is 12.0. The maximum atomic E-state index is 13.6. The minimum absolute atomic E-state index is 0.115. The van der Waals surface area contributed by atoms with Crippen molar-refractivity contribution in [3.05, 3.63) is 71.0 Å². The number of carboxylic acids is 1. The van der Waals surface area contributed by atoms with Gasteiger partial charge in [-0.05, 0) is 18.2 Å². The zero-order valence-corrected chi connectivity index (χ0v) is 9.26. The molecule has 0 bridgehead atoms. The van der Waals surface area contributed by atoms with Crippen molar-refractivity contribution in [2.45, 2.75) is 0 Å². The van der Waals surface area contributed by atoms with Gasteiger partial charge in [0.05, 0.1) is 11.1 Å². The van der Waals surface area contributed by atoms with E-state index in [-0.39, 0.29) is 11.1 Å². The van der Waals surface area contributed by atoms with Crippen molar-refractivity contribution < 1.29 is 19.1 Å². The molecule has 0 heterocycles. The molecule has 0 fully saturated rings. The molecule has 1 N–H and O–H groups in total. The molecule has 0 aliphatic carbocycles. The van der Waals surface area contributed by atoms with Gasteiger partial charge < -0.3 is 5.11 Å². The minimum Gasteiger partial charge on any atom is -0.478 e. The normalized spacial score (nSPS) is 10.1. The summed E-state index contributed by atoms with van der Waals surface area (Å²) in [5, 5.41) is 8.82. The number of benzene rings is 2. The fourth-order valence-electron chi connectivity index (χ4n) is 1.58. The molecule has 4 heteroatoms. The van der Waals surface area contributed by atoms with Gasteiger partial charge in [-0.3, -0.25) is 4.79 Å². The number of aromatic carboxylic acids is 1. The summed E-state index contributed by atoms with van der Waals surface area (Å²) in [6.45, 7) is 0. The highest BCUT2D eigenvalue weighted by molar-refractivity contribution is 6.10. The second-order valence-corrected chi connectivity index (χ2v) is 3.69. The van der Waals surface area contributed by atoms with E-state index in [1.807, 2.05) is 0 Å². The predicted molar refractivity (Wildman–Crippen MR) is 63.2 cm³/mol. The molecule has 90 valence electrons. The van der Waals surface area contributed by atoms with Crippen LogP contribution in [0, 0.1) is 5.82 Å². The third-order valence-electron chi connectivity index (χ3n) is 2.49. The fraction of sp³-hybridized carbons (Fsp3) is 0. The van der Waals surface area contributed by atoms with E-state index in [4.69, 9.17) is 5.11 Å². The van der Waals surface area contributed by atoms with E-state index >= 15 is 0 Å². The Hall–Kier alpha value is -2.49. The summed E-state index contributed by atoms with van der Waals surface area (Å²) < 4.78 is 13.6. The lowest BCUT2D eigenvalue weighted by atomic mass is 10.0. The Morgan fingerprint density at radius 1 is 0.944 bits per heavy atom. The zero-order chi connectivity index (χ0) is 13.1. The zero-order valence-electron chi connectivity index (χ0n) is 9.26. The van der Waals surface area contributed by atoms with Crippen LogP contribution in [0.15, 0.2) is 48.5 Å². The van der Waals surface area contributed by atoms with E-state index in [1.54, 1.807) is 30.3 Å². The van der Waals surface area contributed by atoms with Gasteiger partial charge in [0.25, 0.3) is 0 Å². The van der Waals surface area contributed by atoms with E-state index in [9.17, 15) is 14.0 Å². The molecule has 0 aliphatic heterocycles. The Morgan fingerprint density at radius 3 is 2.22 bits per heavy atom. The molecule has 3 nitrogen and oxygen atoms in total. The second kappa shape index (κ2) is 4.79. The molecule has 2 aromatic carbocycles. The molecule has 0 atom stereocenters. The summed E-state index contributed by atoms with van der Waals surface area (Å²) in [7, 11) is 0. The maximum Gasteiger partial charge on any atom is 0.335 e. The van der Waals surface area contributed by atoms with Gasteiger partial charge in [-0.15, -0.1) is 0 Å². The standard InChI is InChI=1S/C14H9FO3/c15-12-7-6-10(14(17)18)8-11(12)13(16)9-4-2-1-3-5-9/h1-8H,(H,17,18). The van der Waals surface area contributed by atoms with Crippen molar-refractivity contribution >= 4 is 11.8 Å². The Morgan fingerprint density at radius 2 is 1.61 bits per heavy atom. The number of carboxylic acid groups (broad SMARTS) is 1. The molecule has 0 unspecified atom stereocenters. The van der Waals surface area contributed by atoms with E-state index in [2.05, 4.69) is 0 Å². The number of hydrogen-bond acceptors (Lipinski definition) is 2. The number of carbonyl (C=O) groups excluding carboxylic acids is 1. The van der Waals surface area contributed by atoms with Crippen molar-refractivity contribution in [3.63, 3.8) is 0 Å². The van der Waals surface area contributed by atoms with Crippen LogP contribution in [0.1, 0.15) is 26.3 Å². The van der Waals surface area contributed by atoms with Gasteiger partial charge >= 0.3 is 5.97 Å². The minimum atomic E-state index is -1.20. The van der Waals surface area contributed by atoms with E-state index in [1.165, 1.54) is 0 Å². The van der Waals surface area contributed by atoms with Crippen LogP contribution in [-0.4, -0.2) is 16.9 Å². The monoisotopic (exact) mass is 244 g/mol. The molecule has 2 aromatic rings. The van der Waals surface area contributed by atoms with Crippen LogP contribution < -0.4 is 0 Å². The molecule has 0 saturated carbocycles. The SMILES string of the molecule is O=C(O)c1ccc(F)c(C(=O)c2ccccc2)c1. The van der Waals surface area contributed by atoms with Crippen LogP contribution in [0.4, 0.5) is 4.39 Å². The van der Waals surface area contributed by atoms with Crippen LogP contribution in [0.25, 0.3) is 0 Å². The number of hydrogen-bond donors (Lipinski definition) is 1. The van der Waals surface area contributed by atoms with Gasteiger partial charge in [0, 0.05) is 5.56 Å². The van der Waals surface area contributed by atoms with Crippen LogP contribution in [0.5, 0.6) is 0 Å². The quantitative estimate of drug-likeness (QED) is 0.844. The third kappa shape index (κ3) is 2.27. The second-order valence-electron chi connectivity index (χ2n) is 3.69. The Kier molecular flexibility index (Phi) is 3.19. The van der Waals surface area contributed by atoms with Gasteiger partial charge in [0.2, 0.25) is 0 Å². The summed E-state index contributed by atoms with van der Waals surface area (Å²) in [6, 6.07) is 11.3. The summed E-state index contributed by atoms with van der Waals surface area (Å²) in [4.78, 5) is 22.8.